The van der Waals surface area contributed by atoms with Gasteiger partial charge in [-0.3, -0.25) is 0 Å². The molecule has 0 unspecified atom stereocenters. The summed E-state index contributed by atoms with van der Waals surface area (Å²) >= 11 is 5.06. The molecule has 79 valence electrons. The zero-order valence-electron chi connectivity index (χ0n) is 8.80. The van der Waals surface area contributed by atoms with Crippen molar-refractivity contribution in [1.29, 1.82) is 0 Å². The van der Waals surface area contributed by atoms with Crippen LogP contribution < -0.4 is 0 Å². The van der Waals surface area contributed by atoms with Crippen molar-refractivity contribution in [3.8, 4) is 0 Å². The molecular weight excluding hydrogens is 489 g/mol. The van der Waals surface area contributed by atoms with Crippen LogP contribution in [0.3, 0.4) is 0 Å². The first kappa shape index (κ1) is 14.4. The molecule has 1 aromatic rings. The Labute approximate surface area is 122 Å². The van der Waals surface area contributed by atoms with Crippen LogP contribution in [-0.2, 0) is 14.9 Å². The second-order valence-electron chi connectivity index (χ2n) is 3.64. The summed E-state index contributed by atoms with van der Waals surface area (Å²) in [5.74, 6) is 0.636. The van der Waals surface area contributed by atoms with E-state index in [0.29, 0.717) is 5.92 Å². The summed E-state index contributed by atoms with van der Waals surface area (Å²) in [6, 6.07) is 8.52. The second-order valence-corrected chi connectivity index (χ2v) is 22.6. The summed E-state index contributed by atoms with van der Waals surface area (Å²) in [5, 5.41) is 0. The summed E-state index contributed by atoms with van der Waals surface area (Å²) in [7, 11) is 0. The van der Waals surface area contributed by atoms with E-state index in [2.05, 4.69) is 86.7 Å². The van der Waals surface area contributed by atoms with E-state index in [1.54, 1.807) is 0 Å². The van der Waals surface area contributed by atoms with E-state index in [1.165, 1.54) is 16.7 Å². The van der Waals surface area contributed by atoms with Gasteiger partial charge in [0, 0.05) is 6.42 Å². The third kappa shape index (κ3) is 4.59. The molecule has 0 saturated carbocycles. The zero-order chi connectivity index (χ0) is 11.3. The summed E-state index contributed by atoms with van der Waals surface area (Å²) in [4.78, 5) is 0. The first-order valence-electron chi connectivity index (χ1n) is 4.80. The fraction of sp³-hybridized carbons (Fsp3) is 0.250. The second kappa shape index (κ2) is 7.59. The van der Waals surface area contributed by atoms with Gasteiger partial charge in [0.15, 0.2) is 0 Å². The monoisotopic (exact) mass is 501 g/mol. The molecule has 0 bridgehead atoms. The number of benzene rings is 1. The average molecular weight is 502 g/mol. The summed E-state index contributed by atoms with van der Waals surface area (Å²) in [6.07, 6.45) is 4.56. The molecule has 0 amide bonds. The molecule has 0 N–H and O–H groups in total. The predicted octanol–water partition coefficient (Wildman–Crippen LogP) is 5.06. The van der Waals surface area contributed by atoms with Crippen molar-refractivity contribution in [2.24, 2.45) is 5.92 Å². The number of rotatable bonds is 1. The maximum atomic E-state index is 2.45. The van der Waals surface area contributed by atoms with Crippen LogP contribution in [-0.4, -0.2) is 0 Å². The standard InChI is InChI=1S/C12H13.2HI.Zr/c1-9(2)12-7-10-5-3-4-6-11(10)8-12;;;/h3-9H,1-2H3;2*1H;/q;;;+2/p-2. The molecule has 0 spiro atoms. The van der Waals surface area contributed by atoms with Gasteiger partial charge in [-0.2, -0.15) is 0 Å². The maximum absolute atomic E-state index is 2.45. The van der Waals surface area contributed by atoms with Gasteiger partial charge in [0.1, 0.15) is 0 Å². The molecule has 0 aliphatic heterocycles. The first-order valence-corrected chi connectivity index (χ1v) is 19.4. The third-order valence-electron chi connectivity index (χ3n) is 2.31. The van der Waals surface area contributed by atoms with Crippen molar-refractivity contribution in [1.82, 2.24) is 0 Å². The zero-order valence-corrected chi connectivity index (χ0v) is 15.6. The molecule has 15 heavy (non-hydrogen) atoms. The summed E-state index contributed by atoms with van der Waals surface area (Å²) in [5.41, 5.74) is 4.17. The van der Waals surface area contributed by atoms with Gasteiger partial charge in [0.05, 0.1) is 0 Å². The van der Waals surface area contributed by atoms with Crippen LogP contribution in [0.15, 0.2) is 29.8 Å². The van der Waals surface area contributed by atoms with Crippen LogP contribution in [0.25, 0.3) is 6.08 Å². The fourth-order valence-corrected chi connectivity index (χ4v) is 1.51. The van der Waals surface area contributed by atoms with Crippen molar-refractivity contribution in [3.05, 3.63) is 47.4 Å². The molecule has 0 aromatic heterocycles. The molecule has 0 heterocycles. The number of fused-ring (bicyclic) bond motifs is 1. The molecule has 1 aliphatic carbocycles. The topological polar surface area (TPSA) is 0 Å². The first-order chi connectivity index (χ1) is 7.19. The van der Waals surface area contributed by atoms with E-state index in [1.807, 2.05) is 0 Å². The summed E-state index contributed by atoms with van der Waals surface area (Å²) < 4.78 is 0. The van der Waals surface area contributed by atoms with Crippen molar-refractivity contribution in [2.45, 2.75) is 13.8 Å². The van der Waals surface area contributed by atoms with Crippen LogP contribution in [0.4, 0.5) is 0 Å². The van der Waals surface area contributed by atoms with E-state index in [9.17, 15) is 0 Å². The molecule has 0 saturated heterocycles. The van der Waals surface area contributed by atoms with Gasteiger partial charge in [-0.05, 0) is 17.0 Å². The Morgan fingerprint density at radius 3 is 2.07 bits per heavy atom. The van der Waals surface area contributed by atoms with Crippen LogP contribution >= 0.6 is 36.1 Å². The molecular formula is C12H13I2Zr. The molecule has 1 radical (unpaired) electrons. The Morgan fingerprint density at radius 2 is 1.60 bits per heavy atom. The van der Waals surface area contributed by atoms with E-state index in [0.717, 1.165) is 0 Å². The minimum absolute atomic E-state index is 0.170. The SMILES string of the molecule is CC(C)C1=Cc2ccccc2[CH]1.[I][Zr][I]. The Balaban J connectivity index is 0.000000337. The molecule has 1 aromatic carbocycles. The molecule has 2 rings (SSSR count). The van der Waals surface area contributed by atoms with E-state index in [-0.39, 0.29) is 14.9 Å². The third-order valence-corrected chi connectivity index (χ3v) is 2.31. The minimum atomic E-state index is 0.170. The molecule has 3 heteroatoms. The van der Waals surface area contributed by atoms with Gasteiger partial charge < -0.3 is 0 Å². The van der Waals surface area contributed by atoms with Gasteiger partial charge in [0.2, 0.25) is 0 Å². The fourth-order valence-electron chi connectivity index (χ4n) is 1.51. The van der Waals surface area contributed by atoms with E-state index >= 15 is 0 Å². The van der Waals surface area contributed by atoms with Crippen molar-refractivity contribution in [2.75, 3.05) is 0 Å². The molecule has 0 nitrogen and oxygen atoms in total. The Morgan fingerprint density at radius 1 is 1.07 bits per heavy atom. The van der Waals surface area contributed by atoms with Crippen LogP contribution in [0.5, 0.6) is 0 Å². The van der Waals surface area contributed by atoms with Crippen molar-refractivity contribution in [3.63, 3.8) is 0 Å². The van der Waals surface area contributed by atoms with Crippen molar-refractivity contribution < 1.29 is 14.9 Å². The van der Waals surface area contributed by atoms with Gasteiger partial charge in [-0.25, -0.2) is 0 Å². The van der Waals surface area contributed by atoms with Crippen LogP contribution in [0.1, 0.15) is 25.0 Å². The van der Waals surface area contributed by atoms with Gasteiger partial charge in [0.25, 0.3) is 0 Å². The van der Waals surface area contributed by atoms with E-state index < -0.39 is 0 Å². The van der Waals surface area contributed by atoms with E-state index in [4.69, 9.17) is 0 Å². The normalized spacial score (nSPS) is 12.7. The average Bonchev–Trinajstić information content (AvgIpc) is 2.62. The number of allylic oxidation sites excluding steroid dienone is 1. The quantitative estimate of drug-likeness (QED) is 0.472. The Kier molecular flexibility index (Phi) is 7.27. The molecule has 0 atom stereocenters. The molecule has 1 aliphatic rings. The Bertz CT molecular complexity index is 345. The van der Waals surface area contributed by atoms with Crippen LogP contribution in [0, 0.1) is 12.3 Å². The number of hydrogen-bond acceptors (Lipinski definition) is 0. The van der Waals surface area contributed by atoms with Gasteiger partial charge in [-0.1, -0.05) is 49.8 Å². The molecule has 0 fully saturated rings. The Hall–Kier alpha value is 1.30. The van der Waals surface area contributed by atoms with Crippen molar-refractivity contribution >= 4 is 42.2 Å². The predicted molar refractivity (Wildman–Crippen MR) is 80.7 cm³/mol. The van der Waals surface area contributed by atoms with Gasteiger partial charge >= 0.3 is 50.9 Å². The van der Waals surface area contributed by atoms with Crippen LogP contribution in [0.2, 0.25) is 0 Å². The van der Waals surface area contributed by atoms with Gasteiger partial charge in [-0.15, -0.1) is 0 Å². The number of hydrogen-bond donors (Lipinski definition) is 0. The summed E-state index contributed by atoms with van der Waals surface area (Å²) in [6.45, 7) is 4.46. The number of halogens is 2.